The lowest BCUT2D eigenvalue weighted by molar-refractivity contribution is -0.138. The normalized spacial score (nSPS) is 19.5. The highest BCUT2D eigenvalue weighted by atomic mass is 16.2. The van der Waals surface area contributed by atoms with Crippen LogP contribution in [-0.4, -0.2) is 60.5 Å². The van der Waals surface area contributed by atoms with Crippen molar-refractivity contribution in [3.05, 3.63) is 0 Å². The van der Waals surface area contributed by atoms with Crippen molar-refractivity contribution >= 4 is 5.91 Å². The Morgan fingerprint density at radius 3 is 2.41 bits per heavy atom. The van der Waals surface area contributed by atoms with Crippen molar-refractivity contribution in [2.45, 2.75) is 45.7 Å². The SMILES string of the molecule is CCC(C)(C)N(C)C(C)C(=O)N1CCNCC1. The molecule has 0 aliphatic carbocycles. The Kier molecular flexibility index (Phi) is 4.95. The fourth-order valence-electron chi connectivity index (χ4n) is 2.09. The Balaban J connectivity index is 2.62. The number of nitrogens with one attached hydrogen (secondary N) is 1. The van der Waals surface area contributed by atoms with Gasteiger partial charge in [-0.1, -0.05) is 6.92 Å². The van der Waals surface area contributed by atoms with Crippen molar-refractivity contribution < 1.29 is 4.79 Å². The summed E-state index contributed by atoms with van der Waals surface area (Å²) >= 11 is 0. The third-order valence-corrected chi connectivity index (χ3v) is 4.19. The molecule has 1 aliphatic rings. The number of likely N-dealkylation sites (N-methyl/N-ethyl adjacent to an activating group) is 1. The van der Waals surface area contributed by atoms with E-state index in [0.717, 1.165) is 32.6 Å². The second kappa shape index (κ2) is 5.83. The standard InChI is InChI=1S/C13H27N3O/c1-6-13(3,4)15(5)11(2)12(17)16-9-7-14-8-10-16/h11,14H,6-10H2,1-5H3. The van der Waals surface area contributed by atoms with E-state index in [0.29, 0.717) is 0 Å². The summed E-state index contributed by atoms with van der Waals surface area (Å²) in [6.07, 6.45) is 1.04. The number of carbonyl (C=O) groups is 1. The molecule has 0 aromatic heterocycles. The first-order valence-electron chi connectivity index (χ1n) is 6.62. The van der Waals surface area contributed by atoms with Crippen LogP contribution in [0.2, 0.25) is 0 Å². The summed E-state index contributed by atoms with van der Waals surface area (Å²) in [4.78, 5) is 16.5. The minimum Gasteiger partial charge on any atom is -0.339 e. The summed E-state index contributed by atoms with van der Waals surface area (Å²) in [7, 11) is 2.05. The van der Waals surface area contributed by atoms with Gasteiger partial charge in [0, 0.05) is 31.7 Å². The Hall–Kier alpha value is -0.610. The molecule has 1 N–H and O–H groups in total. The van der Waals surface area contributed by atoms with E-state index in [-0.39, 0.29) is 17.5 Å². The summed E-state index contributed by atoms with van der Waals surface area (Å²) in [6, 6.07) is -0.0388. The molecule has 1 aliphatic heterocycles. The lowest BCUT2D eigenvalue weighted by Gasteiger charge is -2.41. The third kappa shape index (κ3) is 3.42. The summed E-state index contributed by atoms with van der Waals surface area (Å²) in [5.41, 5.74) is 0.0725. The zero-order valence-electron chi connectivity index (χ0n) is 11.9. The highest BCUT2D eigenvalue weighted by molar-refractivity contribution is 5.81. The Morgan fingerprint density at radius 2 is 1.94 bits per heavy atom. The lowest BCUT2D eigenvalue weighted by Crippen LogP contribution is -2.56. The van der Waals surface area contributed by atoms with Gasteiger partial charge in [0.2, 0.25) is 5.91 Å². The summed E-state index contributed by atoms with van der Waals surface area (Å²) in [6.45, 7) is 12.1. The van der Waals surface area contributed by atoms with Gasteiger partial charge in [0.15, 0.2) is 0 Å². The number of rotatable bonds is 4. The van der Waals surface area contributed by atoms with Crippen LogP contribution >= 0.6 is 0 Å². The van der Waals surface area contributed by atoms with Gasteiger partial charge in [-0.25, -0.2) is 0 Å². The van der Waals surface area contributed by atoms with E-state index in [4.69, 9.17) is 0 Å². The van der Waals surface area contributed by atoms with E-state index in [1.165, 1.54) is 0 Å². The smallest absolute Gasteiger partial charge is 0.239 e. The molecule has 1 atom stereocenters. The minimum atomic E-state index is -0.0388. The number of carbonyl (C=O) groups excluding carboxylic acids is 1. The summed E-state index contributed by atoms with van der Waals surface area (Å²) in [5.74, 6) is 0.260. The van der Waals surface area contributed by atoms with E-state index in [2.05, 4.69) is 31.0 Å². The number of nitrogens with zero attached hydrogens (tertiary/aromatic N) is 2. The Bertz CT molecular complexity index is 259. The molecule has 17 heavy (non-hydrogen) atoms. The largest absolute Gasteiger partial charge is 0.339 e. The van der Waals surface area contributed by atoms with Gasteiger partial charge in [-0.2, -0.15) is 0 Å². The maximum Gasteiger partial charge on any atom is 0.239 e. The van der Waals surface area contributed by atoms with E-state index < -0.39 is 0 Å². The van der Waals surface area contributed by atoms with Gasteiger partial charge in [0.05, 0.1) is 6.04 Å². The second-order valence-electron chi connectivity index (χ2n) is 5.53. The lowest BCUT2D eigenvalue weighted by atomic mass is 9.97. The molecule has 0 aromatic carbocycles. The number of amides is 1. The average Bonchev–Trinajstić information content (AvgIpc) is 2.37. The molecule has 1 saturated heterocycles. The maximum absolute atomic E-state index is 12.4. The van der Waals surface area contributed by atoms with Gasteiger partial charge in [0.1, 0.15) is 0 Å². The molecule has 4 nitrogen and oxygen atoms in total. The van der Waals surface area contributed by atoms with E-state index in [1.807, 2.05) is 18.9 Å². The first kappa shape index (κ1) is 14.5. The van der Waals surface area contributed by atoms with Crippen LogP contribution in [0.5, 0.6) is 0 Å². The van der Waals surface area contributed by atoms with Crippen molar-refractivity contribution in [3.63, 3.8) is 0 Å². The molecule has 0 radical (unpaired) electrons. The van der Waals surface area contributed by atoms with Crippen LogP contribution < -0.4 is 5.32 Å². The molecule has 0 saturated carbocycles. The van der Waals surface area contributed by atoms with Crippen molar-refractivity contribution in [2.24, 2.45) is 0 Å². The first-order valence-corrected chi connectivity index (χ1v) is 6.62. The molecular formula is C13H27N3O. The quantitative estimate of drug-likeness (QED) is 0.795. The van der Waals surface area contributed by atoms with Crippen LogP contribution in [0.15, 0.2) is 0 Å². The monoisotopic (exact) mass is 241 g/mol. The predicted octanol–water partition coefficient (Wildman–Crippen LogP) is 0.927. The van der Waals surface area contributed by atoms with Gasteiger partial charge in [-0.3, -0.25) is 9.69 Å². The first-order chi connectivity index (χ1) is 7.90. The van der Waals surface area contributed by atoms with Crippen molar-refractivity contribution in [1.29, 1.82) is 0 Å². The van der Waals surface area contributed by atoms with E-state index >= 15 is 0 Å². The molecule has 1 unspecified atom stereocenters. The molecule has 0 spiro atoms. The minimum absolute atomic E-state index is 0.0388. The highest BCUT2D eigenvalue weighted by Gasteiger charge is 2.31. The van der Waals surface area contributed by atoms with Gasteiger partial charge >= 0.3 is 0 Å². The molecular weight excluding hydrogens is 214 g/mol. The van der Waals surface area contributed by atoms with Crippen molar-refractivity contribution in [3.8, 4) is 0 Å². The van der Waals surface area contributed by atoms with Crippen molar-refractivity contribution in [2.75, 3.05) is 33.2 Å². The third-order valence-electron chi connectivity index (χ3n) is 4.19. The zero-order chi connectivity index (χ0) is 13.1. The van der Waals surface area contributed by atoms with E-state index in [1.54, 1.807) is 0 Å². The maximum atomic E-state index is 12.4. The van der Waals surface area contributed by atoms with Gasteiger partial charge in [0.25, 0.3) is 0 Å². The van der Waals surface area contributed by atoms with Crippen LogP contribution in [0.1, 0.15) is 34.1 Å². The van der Waals surface area contributed by atoms with Gasteiger partial charge in [-0.05, 0) is 34.2 Å². The van der Waals surface area contributed by atoms with Crippen LogP contribution in [0.3, 0.4) is 0 Å². The number of piperazine rings is 1. The van der Waals surface area contributed by atoms with Gasteiger partial charge in [-0.15, -0.1) is 0 Å². The molecule has 1 heterocycles. The van der Waals surface area contributed by atoms with Gasteiger partial charge < -0.3 is 10.2 Å². The molecule has 1 rings (SSSR count). The summed E-state index contributed by atoms with van der Waals surface area (Å²) < 4.78 is 0. The fourth-order valence-corrected chi connectivity index (χ4v) is 2.09. The fraction of sp³-hybridized carbons (Fsp3) is 0.923. The van der Waals surface area contributed by atoms with Crippen LogP contribution in [0.25, 0.3) is 0 Å². The topological polar surface area (TPSA) is 35.6 Å². The van der Waals surface area contributed by atoms with Crippen molar-refractivity contribution in [1.82, 2.24) is 15.1 Å². The van der Waals surface area contributed by atoms with Crippen LogP contribution in [-0.2, 0) is 4.79 Å². The second-order valence-corrected chi connectivity index (χ2v) is 5.53. The van der Waals surface area contributed by atoms with Crippen LogP contribution in [0, 0.1) is 0 Å². The molecule has 1 fully saturated rings. The van der Waals surface area contributed by atoms with Crippen LogP contribution in [0.4, 0.5) is 0 Å². The molecule has 4 heteroatoms. The average molecular weight is 241 g/mol. The molecule has 100 valence electrons. The molecule has 0 aromatic rings. The molecule has 0 bridgehead atoms. The van der Waals surface area contributed by atoms with E-state index in [9.17, 15) is 4.79 Å². The number of hydrogen-bond donors (Lipinski definition) is 1. The molecule has 1 amide bonds. The summed E-state index contributed by atoms with van der Waals surface area (Å²) in [5, 5.41) is 3.27. The Labute approximate surface area is 105 Å². The zero-order valence-corrected chi connectivity index (χ0v) is 11.9. The number of hydrogen-bond acceptors (Lipinski definition) is 3. The highest BCUT2D eigenvalue weighted by Crippen LogP contribution is 2.20. The predicted molar refractivity (Wildman–Crippen MR) is 71.0 cm³/mol. The Morgan fingerprint density at radius 1 is 1.41 bits per heavy atom.